The fourth-order valence-electron chi connectivity index (χ4n) is 8.88. The molecule has 54 heavy (non-hydrogen) atoms. The number of rotatable bonds is 4. The Morgan fingerprint density at radius 2 is 1.30 bits per heavy atom. The second-order valence-corrected chi connectivity index (χ2v) is 18.5. The first-order chi connectivity index (χ1) is 24.5. The topological polar surface area (TPSA) is 195 Å². The van der Waals surface area contributed by atoms with Crippen LogP contribution in [0, 0.1) is 16.7 Å². The van der Waals surface area contributed by atoms with Gasteiger partial charge in [0.2, 0.25) is 0 Å². The third-order valence-electron chi connectivity index (χ3n) is 10.9. The first-order valence-corrected chi connectivity index (χ1v) is 18.1. The molecule has 0 aromatic carbocycles. The Morgan fingerprint density at radius 1 is 0.778 bits per heavy atom. The molecule has 0 N–H and O–H groups in total. The van der Waals surface area contributed by atoms with E-state index in [1.54, 1.807) is 83.1 Å². The van der Waals surface area contributed by atoms with Gasteiger partial charge in [-0.05, 0) is 87.3 Å². The first-order valence-electron chi connectivity index (χ1n) is 18.1. The Kier molecular flexibility index (Phi) is 9.90. The van der Waals surface area contributed by atoms with Crippen molar-refractivity contribution in [3.8, 4) is 0 Å². The number of carbonyl (C=O) groups excluding carboxylic acids is 6. The Labute approximate surface area is 315 Å². The van der Waals surface area contributed by atoms with Gasteiger partial charge in [-0.1, -0.05) is 13.8 Å². The van der Waals surface area contributed by atoms with E-state index in [0.717, 1.165) is 0 Å². The van der Waals surface area contributed by atoms with Crippen molar-refractivity contribution in [2.24, 2.45) is 16.7 Å². The minimum Gasteiger partial charge on any atom is -0.453 e. The van der Waals surface area contributed by atoms with Crippen molar-refractivity contribution >= 4 is 36.4 Å². The van der Waals surface area contributed by atoms with Crippen LogP contribution in [-0.2, 0) is 57.0 Å². The molecule has 3 aliphatic carbocycles. The zero-order valence-corrected chi connectivity index (χ0v) is 33.6. The van der Waals surface area contributed by atoms with E-state index >= 15 is 4.79 Å². The highest BCUT2D eigenvalue weighted by atomic mass is 16.8. The maximum absolute atomic E-state index is 15.8. The summed E-state index contributed by atoms with van der Waals surface area (Å²) in [6.07, 6.45) is -11.7. The summed E-state index contributed by atoms with van der Waals surface area (Å²) in [5.41, 5.74) is -9.36. The number of fused-ring (bicyclic) bond motifs is 5. The van der Waals surface area contributed by atoms with Gasteiger partial charge >= 0.3 is 30.6 Å². The molecular weight excluding hydrogens is 712 g/mol. The van der Waals surface area contributed by atoms with Gasteiger partial charge in [-0.25, -0.2) is 19.2 Å². The van der Waals surface area contributed by atoms with Crippen LogP contribution in [-0.4, -0.2) is 102 Å². The molecule has 1 spiro atoms. The maximum Gasteiger partial charge on any atom is 0.509 e. The monoisotopic (exact) mass is 766 g/mol. The van der Waals surface area contributed by atoms with Crippen LogP contribution in [0.4, 0.5) is 19.2 Å². The number of hydrogen-bond donors (Lipinski definition) is 0. The van der Waals surface area contributed by atoms with Gasteiger partial charge in [0.15, 0.2) is 29.2 Å². The van der Waals surface area contributed by atoms with Gasteiger partial charge < -0.3 is 47.4 Å². The average Bonchev–Trinajstić information content (AvgIpc) is 3.28. The highest BCUT2D eigenvalue weighted by molar-refractivity contribution is 5.95. The van der Waals surface area contributed by atoms with Gasteiger partial charge in [-0.2, -0.15) is 0 Å². The number of Topliss-reactive ketones (excluding diaryl/α,β-unsaturated/α-hetero) is 1. The molecule has 2 saturated heterocycles. The summed E-state index contributed by atoms with van der Waals surface area (Å²) in [6.45, 7) is 22.2. The van der Waals surface area contributed by atoms with Crippen LogP contribution in [0.3, 0.4) is 0 Å². The number of esters is 1. The second-order valence-electron chi connectivity index (χ2n) is 18.5. The molecule has 0 unspecified atom stereocenters. The molecule has 0 aromatic rings. The summed E-state index contributed by atoms with van der Waals surface area (Å²) in [5.74, 6) is -2.89. The molecule has 302 valence electrons. The van der Waals surface area contributed by atoms with E-state index in [2.05, 4.69) is 0 Å². The lowest BCUT2D eigenvalue weighted by molar-refractivity contribution is -0.337. The van der Waals surface area contributed by atoms with E-state index < -0.39 is 112 Å². The van der Waals surface area contributed by atoms with E-state index in [4.69, 9.17) is 47.4 Å². The van der Waals surface area contributed by atoms with Crippen LogP contribution >= 0.6 is 0 Å². The highest BCUT2D eigenvalue weighted by Gasteiger charge is 2.81. The van der Waals surface area contributed by atoms with Gasteiger partial charge in [0.25, 0.3) is 0 Å². The van der Waals surface area contributed by atoms with E-state index in [9.17, 15) is 24.0 Å². The van der Waals surface area contributed by atoms with Crippen LogP contribution in [0.1, 0.15) is 110 Å². The molecule has 0 aromatic heterocycles. The van der Waals surface area contributed by atoms with Crippen molar-refractivity contribution < 1.29 is 76.1 Å². The van der Waals surface area contributed by atoms with Crippen LogP contribution in [0.5, 0.6) is 0 Å². The number of carbonyl (C=O) groups is 6. The summed E-state index contributed by atoms with van der Waals surface area (Å²) < 4.78 is 58.8. The van der Waals surface area contributed by atoms with Crippen LogP contribution in [0.2, 0.25) is 0 Å². The van der Waals surface area contributed by atoms with Gasteiger partial charge in [0.05, 0.1) is 17.9 Å². The van der Waals surface area contributed by atoms with Gasteiger partial charge in [0, 0.05) is 25.2 Å². The molecule has 2 heterocycles. The quantitative estimate of drug-likeness (QED) is 0.176. The maximum atomic E-state index is 15.8. The van der Waals surface area contributed by atoms with Crippen molar-refractivity contribution in [1.82, 2.24) is 0 Å². The lowest BCUT2D eigenvalue weighted by atomic mass is 9.44. The second kappa shape index (κ2) is 13.0. The van der Waals surface area contributed by atoms with Gasteiger partial charge in [-0.3, -0.25) is 9.59 Å². The summed E-state index contributed by atoms with van der Waals surface area (Å²) >= 11 is 0. The first kappa shape index (κ1) is 41.1. The molecule has 2 bridgehead atoms. The van der Waals surface area contributed by atoms with Gasteiger partial charge in [0.1, 0.15) is 35.1 Å². The molecule has 4 fully saturated rings. The average molecular weight is 767 g/mol. The molecule has 16 nitrogen and oxygen atoms in total. The van der Waals surface area contributed by atoms with Crippen LogP contribution in [0.25, 0.3) is 0 Å². The van der Waals surface area contributed by atoms with E-state index in [1.807, 2.05) is 0 Å². The number of ether oxygens (including phenoxy) is 10. The summed E-state index contributed by atoms with van der Waals surface area (Å²) in [5, 5.41) is 0. The fraction of sp³-hybridized carbons (Fsp3) is 0.789. The molecule has 9 atom stereocenters. The van der Waals surface area contributed by atoms with E-state index in [1.165, 1.54) is 13.8 Å². The minimum absolute atomic E-state index is 0.130. The third kappa shape index (κ3) is 6.98. The minimum atomic E-state index is -1.97. The number of hydrogen-bond acceptors (Lipinski definition) is 16. The van der Waals surface area contributed by atoms with Crippen molar-refractivity contribution in [2.45, 2.75) is 168 Å². The molecular formula is C38H54O16. The van der Waals surface area contributed by atoms with Crippen molar-refractivity contribution in [3.05, 3.63) is 11.1 Å². The standard InChI is InChI=1S/C38H54O16/c1-18-20(46-28(41)51-32(3,4)5)16-38-27(49-31(44)54-38)25-36(14,26(40)24(23(18)35(38,12)13)48-30(43)53-34(9,10)11)21(47-29(42)52-33(6,7)8)15-22-37(25,17-45-22)50-19(2)39/h20-22,24-25,27H,15-17H2,1-14H3/t20-,21-,22-,24+,25-,27-,36+,37-,38+/m0/s1. The summed E-state index contributed by atoms with van der Waals surface area (Å²) in [4.78, 5) is 82.5. The molecule has 0 radical (unpaired) electrons. The SMILES string of the molecule is CC(=O)O[C@@]12CO[C@H]1C[C@H](OC(=O)OC(C)(C)C)[C@@]1(C)C(=O)[C@H](OC(=O)OC(C)(C)C)C3=C(C)[C@@H](OC(=O)OC(C)(C)C)C[C@]4(OC(=O)O[C@H]4[C@H]21)C3(C)C. The molecule has 0 amide bonds. The molecule has 2 saturated carbocycles. The largest absolute Gasteiger partial charge is 0.509 e. The predicted molar refractivity (Wildman–Crippen MR) is 184 cm³/mol. The smallest absolute Gasteiger partial charge is 0.453 e. The summed E-state index contributed by atoms with van der Waals surface area (Å²) in [7, 11) is 0. The molecule has 2 aliphatic heterocycles. The Morgan fingerprint density at radius 3 is 1.78 bits per heavy atom. The Bertz CT molecular complexity index is 1640. The van der Waals surface area contributed by atoms with Crippen molar-refractivity contribution in [2.75, 3.05) is 6.61 Å². The zero-order valence-electron chi connectivity index (χ0n) is 33.6. The molecule has 16 heteroatoms. The lowest BCUT2D eigenvalue weighted by Crippen LogP contribution is -2.81. The lowest BCUT2D eigenvalue weighted by Gasteiger charge is -2.66. The van der Waals surface area contributed by atoms with E-state index in [-0.39, 0.29) is 25.0 Å². The Hall–Kier alpha value is -4.08. The normalized spacial score (nSPS) is 35.5. The van der Waals surface area contributed by atoms with Crippen LogP contribution < -0.4 is 0 Å². The summed E-state index contributed by atoms with van der Waals surface area (Å²) in [6, 6.07) is 0. The number of ketones is 1. The zero-order chi connectivity index (χ0) is 40.8. The predicted octanol–water partition coefficient (Wildman–Crippen LogP) is 6.28. The van der Waals surface area contributed by atoms with Crippen LogP contribution in [0.15, 0.2) is 11.1 Å². The molecule has 5 aliphatic rings. The van der Waals surface area contributed by atoms with Gasteiger partial charge in [-0.15, -0.1) is 0 Å². The third-order valence-corrected chi connectivity index (χ3v) is 10.9. The van der Waals surface area contributed by atoms with E-state index in [0.29, 0.717) is 5.57 Å². The Balaban J connectivity index is 1.82. The van der Waals surface area contributed by atoms with Crippen molar-refractivity contribution in [1.29, 1.82) is 0 Å². The fourth-order valence-corrected chi connectivity index (χ4v) is 8.88. The van der Waals surface area contributed by atoms with Crippen molar-refractivity contribution in [3.63, 3.8) is 0 Å². The highest BCUT2D eigenvalue weighted by Crippen LogP contribution is 2.67. The molecule has 5 rings (SSSR count).